The van der Waals surface area contributed by atoms with Crippen molar-refractivity contribution in [3.8, 4) is 45.1 Å². The maximum atomic E-state index is 14.3. The quantitative estimate of drug-likeness (QED) is 0.210. The maximum absolute atomic E-state index is 14.3. The van der Waals surface area contributed by atoms with Crippen molar-refractivity contribution in [2.45, 2.75) is 46.3 Å². The Bertz CT molecular complexity index is 1970. The number of nitrogens with zero attached hydrogens (tertiary/aromatic N) is 3. The lowest BCUT2D eigenvalue weighted by Crippen LogP contribution is -2.29. The van der Waals surface area contributed by atoms with Crippen LogP contribution in [0.25, 0.3) is 39.3 Å². The highest BCUT2D eigenvalue weighted by Crippen LogP contribution is 2.39. The summed E-state index contributed by atoms with van der Waals surface area (Å²) in [5.74, 6) is -0.580. The lowest BCUT2D eigenvalue weighted by atomic mass is 9.98. The van der Waals surface area contributed by atoms with Crippen molar-refractivity contribution in [3.05, 3.63) is 102 Å². The number of fused-ring (bicyclic) bond motifs is 9. The molecule has 1 atom stereocenters. The lowest BCUT2D eigenvalue weighted by molar-refractivity contribution is -0.160. The first-order chi connectivity index (χ1) is 21.4. The van der Waals surface area contributed by atoms with Gasteiger partial charge in [-0.2, -0.15) is 5.10 Å². The summed E-state index contributed by atoms with van der Waals surface area (Å²) in [5.41, 5.74) is 6.36. The molecule has 0 saturated carbocycles. The molecule has 230 valence electrons. The molecular formula is C36H34FN3O5. The molecule has 0 amide bonds. The second-order valence-electron chi connectivity index (χ2n) is 12.2. The molecule has 0 unspecified atom stereocenters. The zero-order valence-electron chi connectivity index (χ0n) is 25.8. The summed E-state index contributed by atoms with van der Waals surface area (Å²) < 4.78 is 34.4. The van der Waals surface area contributed by atoms with E-state index in [1.165, 1.54) is 12.1 Å². The Morgan fingerprint density at radius 1 is 0.978 bits per heavy atom. The van der Waals surface area contributed by atoms with Crippen LogP contribution in [0, 0.1) is 19.7 Å². The third-order valence-electron chi connectivity index (χ3n) is 7.53. The fourth-order valence-corrected chi connectivity index (χ4v) is 5.46. The Kier molecular flexibility index (Phi) is 7.66. The molecule has 6 bridgehead atoms. The maximum Gasteiger partial charge on any atom is 0.337 e. The first-order valence-electron chi connectivity index (χ1n) is 14.6. The van der Waals surface area contributed by atoms with Crippen molar-refractivity contribution in [2.75, 3.05) is 13.2 Å². The molecule has 0 saturated heterocycles. The van der Waals surface area contributed by atoms with E-state index in [9.17, 15) is 14.3 Å². The van der Waals surface area contributed by atoms with E-state index in [-0.39, 0.29) is 13.2 Å². The largest absolute Gasteiger partial charge is 0.489 e. The van der Waals surface area contributed by atoms with Crippen LogP contribution in [0.1, 0.15) is 43.7 Å². The molecule has 6 rings (SSSR count). The van der Waals surface area contributed by atoms with Crippen LogP contribution in [0.4, 0.5) is 4.39 Å². The monoisotopic (exact) mass is 607 g/mol. The summed E-state index contributed by atoms with van der Waals surface area (Å²) in [6.07, 6.45) is -1.32. The number of aromatic nitrogens is 3. The molecule has 0 radical (unpaired) electrons. The number of carboxylic acid groups (broad SMARTS) is 1. The van der Waals surface area contributed by atoms with Crippen molar-refractivity contribution in [1.29, 1.82) is 0 Å². The highest BCUT2D eigenvalue weighted by molar-refractivity contribution is 5.82. The van der Waals surface area contributed by atoms with Crippen molar-refractivity contribution in [2.24, 2.45) is 0 Å². The number of aryl methyl sites for hydroxylation is 2. The second kappa shape index (κ2) is 11.5. The van der Waals surface area contributed by atoms with E-state index in [4.69, 9.17) is 24.3 Å². The number of benzene rings is 3. The highest BCUT2D eigenvalue weighted by atomic mass is 19.1. The van der Waals surface area contributed by atoms with Crippen molar-refractivity contribution >= 4 is 11.6 Å². The molecule has 5 aromatic rings. The van der Waals surface area contributed by atoms with E-state index in [1.54, 1.807) is 17.5 Å². The molecule has 0 spiro atoms. The molecule has 45 heavy (non-hydrogen) atoms. The molecule has 0 aliphatic carbocycles. The van der Waals surface area contributed by atoms with Gasteiger partial charge in [-0.3, -0.25) is 0 Å². The van der Waals surface area contributed by atoms with Gasteiger partial charge >= 0.3 is 5.97 Å². The molecule has 1 aliphatic heterocycles. The molecule has 2 aromatic heterocycles. The van der Waals surface area contributed by atoms with Gasteiger partial charge in [-0.25, -0.2) is 18.7 Å². The normalized spacial score (nSPS) is 14.0. The van der Waals surface area contributed by atoms with Crippen LogP contribution >= 0.6 is 0 Å². The number of aliphatic carboxylic acids is 1. The third kappa shape index (κ3) is 6.04. The van der Waals surface area contributed by atoms with Gasteiger partial charge in [0.1, 0.15) is 30.5 Å². The van der Waals surface area contributed by atoms with Crippen LogP contribution in [0.3, 0.4) is 0 Å². The molecule has 1 N–H and O–H groups in total. The van der Waals surface area contributed by atoms with E-state index in [0.29, 0.717) is 56.5 Å². The van der Waals surface area contributed by atoms with Gasteiger partial charge in [0.2, 0.25) is 0 Å². The number of ether oxygens (including phenoxy) is 3. The van der Waals surface area contributed by atoms with Gasteiger partial charge in [-0.15, -0.1) is 0 Å². The summed E-state index contributed by atoms with van der Waals surface area (Å²) in [6, 6.07) is 19.7. The number of carbonyl (C=O) groups is 1. The van der Waals surface area contributed by atoms with Crippen molar-refractivity contribution in [3.63, 3.8) is 0 Å². The Balaban J connectivity index is 1.65. The van der Waals surface area contributed by atoms with Gasteiger partial charge in [-0.1, -0.05) is 36.9 Å². The summed E-state index contributed by atoms with van der Waals surface area (Å²) in [5, 5.41) is 15.4. The number of rotatable bonds is 3. The molecule has 0 fully saturated rings. The van der Waals surface area contributed by atoms with Gasteiger partial charge < -0.3 is 19.3 Å². The number of hydrogen-bond acceptors (Lipinski definition) is 6. The van der Waals surface area contributed by atoms with Crippen LogP contribution in [0.15, 0.2) is 78.9 Å². The first-order valence-corrected chi connectivity index (χ1v) is 14.6. The van der Waals surface area contributed by atoms with Crippen LogP contribution in [0.2, 0.25) is 0 Å². The van der Waals surface area contributed by atoms with Crippen molar-refractivity contribution in [1.82, 2.24) is 14.6 Å². The molecule has 3 heterocycles. The van der Waals surface area contributed by atoms with E-state index >= 15 is 0 Å². The summed E-state index contributed by atoms with van der Waals surface area (Å²) in [6.45, 7) is 13.5. The van der Waals surface area contributed by atoms with Gasteiger partial charge in [0, 0.05) is 40.1 Å². The minimum Gasteiger partial charge on any atom is -0.489 e. The van der Waals surface area contributed by atoms with Crippen molar-refractivity contribution < 1.29 is 28.5 Å². The molecule has 8 nitrogen and oxygen atoms in total. The second-order valence-corrected chi connectivity index (χ2v) is 12.2. The van der Waals surface area contributed by atoms with Crippen LogP contribution in [0.5, 0.6) is 11.5 Å². The fraction of sp³-hybridized carbons (Fsp3) is 0.250. The van der Waals surface area contributed by atoms with Crippen LogP contribution < -0.4 is 9.47 Å². The molecular weight excluding hydrogens is 573 g/mol. The standard InChI is InChI=1S/C36H34FN3O5/c1-20-18-43-29-15-25(11-10-21(29)2)33-32(34(35(41)42)45-36(4,5)6)22(3)38-31-17-28(39-40(31)33)24-9-7-8-23(14-24)27-13-12-26(37)16-30(27)44-19-20/h7-17,34H,1,18-19H2,2-6H3,(H,41,42)/t34-/m0/s1. The average molecular weight is 608 g/mol. The molecule has 9 heteroatoms. The van der Waals surface area contributed by atoms with E-state index in [0.717, 1.165) is 16.7 Å². The Hall–Kier alpha value is -5.02. The van der Waals surface area contributed by atoms with Crippen LogP contribution in [-0.2, 0) is 9.53 Å². The number of halogens is 1. The summed E-state index contributed by atoms with van der Waals surface area (Å²) in [4.78, 5) is 17.6. The number of carboxylic acids is 1. The Morgan fingerprint density at radius 3 is 2.44 bits per heavy atom. The molecule has 3 aromatic carbocycles. The van der Waals surface area contributed by atoms with Gasteiger partial charge in [0.15, 0.2) is 11.8 Å². The van der Waals surface area contributed by atoms with Crippen LogP contribution in [-0.4, -0.2) is 44.5 Å². The highest BCUT2D eigenvalue weighted by Gasteiger charge is 2.33. The fourth-order valence-electron chi connectivity index (χ4n) is 5.46. The zero-order valence-corrected chi connectivity index (χ0v) is 25.8. The van der Waals surface area contributed by atoms with E-state index < -0.39 is 23.5 Å². The minimum atomic E-state index is -1.32. The molecule has 1 aliphatic rings. The summed E-state index contributed by atoms with van der Waals surface area (Å²) in [7, 11) is 0. The predicted octanol–water partition coefficient (Wildman–Crippen LogP) is 7.75. The van der Waals surface area contributed by atoms with Gasteiger partial charge in [0.25, 0.3) is 0 Å². The average Bonchev–Trinajstić information content (AvgIpc) is 3.41. The first kappa shape index (κ1) is 30.0. The Labute approximate surface area is 260 Å². The summed E-state index contributed by atoms with van der Waals surface area (Å²) >= 11 is 0. The Morgan fingerprint density at radius 2 is 1.71 bits per heavy atom. The van der Waals surface area contributed by atoms with Gasteiger partial charge in [-0.05, 0) is 75.6 Å². The predicted molar refractivity (Wildman–Crippen MR) is 170 cm³/mol. The minimum absolute atomic E-state index is 0.122. The zero-order chi connectivity index (χ0) is 32.0. The SMILES string of the molecule is C=C1COc2cc(ccc2C)-c2c([C@H](OC(C)(C)C)C(=O)O)c(C)nc3cc(nn23)-c2cccc(c2)-c2ccc(F)cc2OC1. The number of hydrogen-bond donors (Lipinski definition) is 1. The topological polar surface area (TPSA) is 95.2 Å². The van der Waals surface area contributed by atoms with E-state index in [2.05, 4.69) is 6.58 Å². The smallest absolute Gasteiger partial charge is 0.337 e. The third-order valence-corrected chi connectivity index (χ3v) is 7.53. The van der Waals surface area contributed by atoms with E-state index in [1.807, 2.05) is 76.2 Å². The van der Waals surface area contributed by atoms with Gasteiger partial charge in [0.05, 0.1) is 17.0 Å². The lowest BCUT2D eigenvalue weighted by Gasteiger charge is -2.27.